The number of nitrogens with zero attached hydrogens (tertiary/aromatic N) is 1. The highest BCUT2D eigenvalue weighted by Crippen LogP contribution is 2.10. The summed E-state index contributed by atoms with van der Waals surface area (Å²) >= 11 is 0. The second-order valence-corrected chi connectivity index (χ2v) is 2.96. The summed E-state index contributed by atoms with van der Waals surface area (Å²) in [5, 5.41) is 3.05. The number of anilines is 1. The molecule has 4 nitrogen and oxygen atoms in total. The van der Waals surface area contributed by atoms with Crippen LogP contribution in [-0.2, 0) is 16.0 Å². The van der Waals surface area contributed by atoms with Gasteiger partial charge in [0, 0.05) is 30.5 Å². The summed E-state index contributed by atoms with van der Waals surface area (Å²) in [6.07, 6.45) is 0.648. The molecular formula is C10H14N2O2. The summed E-state index contributed by atoms with van der Waals surface area (Å²) in [5.74, 6) is 0. The minimum Gasteiger partial charge on any atom is -0.467 e. The number of ether oxygens (including phenoxy) is 1. The van der Waals surface area contributed by atoms with Crippen LogP contribution in [-0.4, -0.2) is 25.1 Å². The van der Waals surface area contributed by atoms with E-state index >= 15 is 0 Å². The van der Waals surface area contributed by atoms with Crippen molar-refractivity contribution in [1.29, 1.82) is 0 Å². The minimum atomic E-state index is 0.378. The number of aryl methyl sites for hydroxylation is 1. The van der Waals surface area contributed by atoms with Crippen LogP contribution in [0.5, 0.6) is 0 Å². The number of aromatic nitrogens is 1. The Kier molecular flexibility index (Phi) is 3.91. The van der Waals surface area contributed by atoms with Gasteiger partial charge in [-0.25, -0.2) is 0 Å². The molecule has 0 amide bonds. The Morgan fingerprint density at radius 2 is 2.36 bits per heavy atom. The smallest absolute Gasteiger partial charge is 0.293 e. The third kappa shape index (κ3) is 3.05. The van der Waals surface area contributed by atoms with Crippen LogP contribution in [0, 0.1) is 6.92 Å². The molecule has 1 N–H and O–H groups in total. The van der Waals surface area contributed by atoms with E-state index in [2.05, 4.69) is 15.0 Å². The van der Waals surface area contributed by atoms with Crippen LogP contribution in [0.4, 0.5) is 5.69 Å². The van der Waals surface area contributed by atoms with E-state index in [9.17, 15) is 4.79 Å². The van der Waals surface area contributed by atoms with Crippen LogP contribution in [0.2, 0.25) is 0 Å². The van der Waals surface area contributed by atoms with Crippen LogP contribution >= 0.6 is 0 Å². The van der Waals surface area contributed by atoms with Gasteiger partial charge < -0.3 is 10.1 Å². The first-order valence-corrected chi connectivity index (χ1v) is 4.47. The van der Waals surface area contributed by atoms with Crippen molar-refractivity contribution in [2.24, 2.45) is 0 Å². The Hall–Kier alpha value is -1.58. The van der Waals surface area contributed by atoms with E-state index in [0.717, 1.165) is 17.1 Å². The summed E-state index contributed by atoms with van der Waals surface area (Å²) in [7, 11) is 1.86. The summed E-state index contributed by atoms with van der Waals surface area (Å²) in [6.45, 7) is 2.77. The van der Waals surface area contributed by atoms with Crippen molar-refractivity contribution in [1.82, 2.24) is 4.98 Å². The fourth-order valence-electron chi connectivity index (χ4n) is 1.22. The van der Waals surface area contributed by atoms with Gasteiger partial charge in [0.2, 0.25) is 0 Å². The fraction of sp³-hybridized carbons (Fsp3) is 0.400. The lowest BCUT2D eigenvalue weighted by molar-refractivity contribution is -0.128. The minimum absolute atomic E-state index is 0.378. The van der Waals surface area contributed by atoms with Crippen LogP contribution < -0.4 is 5.32 Å². The largest absolute Gasteiger partial charge is 0.467 e. The molecule has 14 heavy (non-hydrogen) atoms. The molecule has 0 spiro atoms. The van der Waals surface area contributed by atoms with E-state index in [1.807, 2.05) is 26.1 Å². The molecule has 0 aromatic carbocycles. The Balaban J connectivity index is 2.66. The molecule has 1 heterocycles. The second-order valence-electron chi connectivity index (χ2n) is 2.96. The summed E-state index contributed by atoms with van der Waals surface area (Å²) in [5.41, 5.74) is 2.91. The highest BCUT2D eigenvalue weighted by atomic mass is 16.5. The fourth-order valence-corrected chi connectivity index (χ4v) is 1.22. The standard InChI is InChI=1S/C10H14N2O2/c1-8-5-10(11-2)6-9(12-8)3-4-14-7-13/h5-7H,3-4H2,1-2H3,(H,11,12). The average Bonchev–Trinajstić information content (AvgIpc) is 2.17. The van der Waals surface area contributed by atoms with Gasteiger partial charge in [-0.2, -0.15) is 0 Å². The van der Waals surface area contributed by atoms with Crippen LogP contribution in [0.1, 0.15) is 11.4 Å². The van der Waals surface area contributed by atoms with Gasteiger partial charge in [0.15, 0.2) is 0 Å². The number of carbonyl (C=O) groups excluding carboxylic acids is 1. The Labute approximate surface area is 83.3 Å². The first-order chi connectivity index (χ1) is 6.76. The van der Waals surface area contributed by atoms with Crippen molar-refractivity contribution in [3.63, 3.8) is 0 Å². The molecule has 0 fully saturated rings. The van der Waals surface area contributed by atoms with Crippen molar-refractivity contribution >= 4 is 12.2 Å². The topological polar surface area (TPSA) is 51.2 Å². The molecule has 0 atom stereocenters. The summed E-state index contributed by atoms with van der Waals surface area (Å²) in [4.78, 5) is 14.2. The quantitative estimate of drug-likeness (QED) is 0.564. The van der Waals surface area contributed by atoms with E-state index in [-0.39, 0.29) is 0 Å². The first-order valence-electron chi connectivity index (χ1n) is 4.47. The zero-order valence-corrected chi connectivity index (χ0v) is 8.41. The maximum atomic E-state index is 9.93. The maximum Gasteiger partial charge on any atom is 0.293 e. The average molecular weight is 194 g/mol. The van der Waals surface area contributed by atoms with E-state index in [1.165, 1.54) is 0 Å². The van der Waals surface area contributed by atoms with Crippen LogP contribution in [0.3, 0.4) is 0 Å². The van der Waals surface area contributed by atoms with Gasteiger partial charge in [0.1, 0.15) is 0 Å². The third-order valence-corrected chi connectivity index (χ3v) is 1.84. The maximum absolute atomic E-state index is 9.93. The van der Waals surface area contributed by atoms with Crippen LogP contribution in [0.15, 0.2) is 12.1 Å². The molecule has 4 heteroatoms. The molecule has 76 valence electrons. The van der Waals surface area contributed by atoms with Crippen molar-refractivity contribution in [2.75, 3.05) is 19.0 Å². The molecule has 0 aliphatic heterocycles. The lowest BCUT2D eigenvalue weighted by atomic mass is 10.2. The number of nitrogens with one attached hydrogen (secondary N) is 1. The summed E-state index contributed by atoms with van der Waals surface area (Å²) in [6, 6.07) is 3.91. The van der Waals surface area contributed by atoms with E-state index < -0.39 is 0 Å². The highest BCUT2D eigenvalue weighted by molar-refractivity contribution is 5.44. The van der Waals surface area contributed by atoms with Gasteiger partial charge in [-0.05, 0) is 19.1 Å². The lowest BCUT2D eigenvalue weighted by Crippen LogP contribution is -2.01. The number of carbonyl (C=O) groups is 1. The third-order valence-electron chi connectivity index (χ3n) is 1.84. The van der Waals surface area contributed by atoms with E-state index in [4.69, 9.17) is 0 Å². The Morgan fingerprint density at radius 3 is 3.00 bits per heavy atom. The highest BCUT2D eigenvalue weighted by Gasteiger charge is 1.99. The number of pyridine rings is 1. The zero-order chi connectivity index (χ0) is 10.4. The predicted octanol–water partition coefficient (Wildman–Crippen LogP) is 1.15. The van der Waals surface area contributed by atoms with Gasteiger partial charge in [-0.1, -0.05) is 0 Å². The second kappa shape index (κ2) is 5.21. The molecule has 0 saturated heterocycles. The normalized spacial score (nSPS) is 9.57. The van der Waals surface area contributed by atoms with Gasteiger partial charge in [-0.15, -0.1) is 0 Å². The predicted molar refractivity (Wildman–Crippen MR) is 54.2 cm³/mol. The van der Waals surface area contributed by atoms with Gasteiger partial charge in [0.05, 0.1) is 6.61 Å². The lowest BCUT2D eigenvalue weighted by Gasteiger charge is -2.05. The molecular weight excluding hydrogens is 180 g/mol. The molecule has 1 rings (SSSR count). The molecule has 0 unspecified atom stereocenters. The van der Waals surface area contributed by atoms with Crippen molar-refractivity contribution in [3.05, 3.63) is 23.5 Å². The first kappa shape index (κ1) is 10.5. The van der Waals surface area contributed by atoms with Crippen molar-refractivity contribution < 1.29 is 9.53 Å². The number of hydrogen-bond acceptors (Lipinski definition) is 4. The number of rotatable bonds is 5. The molecule has 1 aromatic heterocycles. The van der Waals surface area contributed by atoms with Crippen molar-refractivity contribution in [2.45, 2.75) is 13.3 Å². The van der Waals surface area contributed by atoms with E-state index in [0.29, 0.717) is 19.5 Å². The molecule has 0 aliphatic carbocycles. The van der Waals surface area contributed by atoms with Gasteiger partial charge >= 0.3 is 0 Å². The molecule has 0 radical (unpaired) electrons. The Bertz CT molecular complexity index is 313. The molecule has 0 bridgehead atoms. The van der Waals surface area contributed by atoms with Crippen LogP contribution in [0.25, 0.3) is 0 Å². The van der Waals surface area contributed by atoms with Gasteiger partial charge in [-0.3, -0.25) is 9.78 Å². The Morgan fingerprint density at radius 1 is 1.57 bits per heavy atom. The monoisotopic (exact) mass is 194 g/mol. The van der Waals surface area contributed by atoms with E-state index in [1.54, 1.807) is 0 Å². The molecule has 0 aliphatic rings. The van der Waals surface area contributed by atoms with Gasteiger partial charge in [0.25, 0.3) is 6.47 Å². The summed E-state index contributed by atoms with van der Waals surface area (Å²) < 4.78 is 4.61. The van der Waals surface area contributed by atoms with Crippen molar-refractivity contribution in [3.8, 4) is 0 Å². The molecule has 0 saturated carbocycles. The zero-order valence-electron chi connectivity index (χ0n) is 8.41. The molecule has 1 aromatic rings. The number of hydrogen-bond donors (Lipinski definition) is 1. The SMILES string of the molecule is CNc1cc(C)nc(CCOC=O)c1.